The molecule has 31 heavy (non-hydrogen) atoms. The van der Waals surface area contributed by atoms with Crippen molar-refractivity contribution >= 4 is 11.2 Å². The van der Waals surface area contributed by atoms with Gasteiger partial charge in [-0.3, -0.25) is 14.1 Å². The van der Waals surface area contributed by atoms with E-state index in [4.69, 9.17) is 4.42 Å². The summed E-state index contributed by atoms with van der Waals surface area (Å²) in [6.45, 7) is 1.97. The molecule has 1 N–H and O–H groups in total. The molecule has 1 aliphatic rings. The fraction of sp³-hybridized carbons (Fsp3) is 0.350. The number of nitrogens with one attached hydrogen (secondary N) is 1. The standard InChI is InChI=1S/C20H19F2N7O2/c21-16(22)19-27-26-18(31-19)12-3-4-13(25-10-12)11-28-17-15(2-1-7-24-17)29(20(28)30)14-5-8-23-9-6-14/h1-4,7,10,14,16,23H,5-6,8-9,11H2. The summed E-state index contributed by atoms with van der Waals surface area (Å²) in [6.07, 6.45) is 2.06. The van der Waals surface area contributed by atoms with E-state index in [1.807, 2.05) is 16.7 Å². The van der Waals surface area contributed by atoms with Gasteiger partial charge in [0.25, 0.3) is 5.89 Å². The average molecular weight is 427 g/mol. The lowest BCUT2D eigenvalue weighted by atomic mass is 10.1. The fourth-order valence-electron chi connectivity index (χ4n) is 3.91. The lowest BCUT2D eigenvalue weighted by molar-refractivity contribution is 0.116. The summed E-state index contributed by atoms with van der Waals surface area (Å²) in [7, 11) is 0. The first kappa shape index (κ1) is 19.5. The van der Waals surface area contributed by atoms with E-state index in [0.717, 1.165) is 31.4 Å². The first-order chi connectivity index (χ1) is 15.1. The van der Waals surface area contributed by atoms with Crippen LogP contribution in [0.1, 0.15) is 36.9 Å². The SMILES string of the molecule is O=c1n(Cc2ccc(-c3nnc(C(F)F)o3)cn2)c2ncccc2n1C1CCNCC1. The summed E-state index contributed by atoms with van der Waals surface area (Å²) >= 11 is 0. The van der Waals surface area contributed by atoms with Gasteiger partial charge in [-0.15, -0.1) is 10.2 Å². The number of fused-ring (bicyclic) bond motifs is 1. The van der Waals surface area contributed by atoms with Crippen molar-refractivity contribution in [3.8, 4) is 11.5 Å². The molecule has 1 saturated heterocycles. The van der Waals surface area contributed by atoms with E-state index < -0.39 is 12.3 Å². The van der Waals surface area contributed by atoms with Crippen LogP contribution in [0.25, 0.3) is 22.6 Å². The van der Waals surface area contributed by atoms with Gasteiger partial charge in [0.1, 0.15) is 0 Å². The zero-order valence-corrected chi connectivity index (χ0v) is 16.4. The molecule has 1 fully saturated rings. The minimum absolute atomic E-state index is 0.0318. The van der Waals surface area contributed by atoms with Gasteiger partial charge in [-0.1, -0.05) is 0 Å². The van der Waals surface area contributed by atoms with E-state index in [9.17, 15) is 13.6 Å². The Morgan fingerprint density at radius 2 is 2.00 bits per heavy atom. The molecular formula is C20H19F2N7O2. The van der Waals surface area contributed by atoms with Gasteiger partial charge in [0, 0.05) is 18.4 Å². The summed E-state index contributed by atoms with van der Waals surface area (Å²) in [6, 6.07) is 7.21. The van der Waals surface area contributed by atoms with Gasteiger partial charge < -0.3 is 9.73 Å². The van der Waals surface area contributed by atoms with E-state index in [0.29, 0.717) is 16.9 Å². The van der Waals surface area contributed by atoms with E-state index in [-0.39, 0.29) is 24.2 Å². The zero-order chi connectivity index (χ0) is 21.4. The Hall–Kier alpha value is -3.47. The second-order valence-corrected chi connectivity index (χ2v) is 7.35. The lowest BCUT2D eigenvalue weighted by Gasteiger charge is -2.23. The molecular weight excluding hydrogens is 408 g/mol. The molecule has 1 aliphatic heterocycles. The van der Waals surface area contributed by atoms with Crippen LogP contribution in [0.2, 0.25) is 0 Å². The number of alkyl halides is 2. The van der Waals surface area contributed by atoms with Crippen LogP contribution in [-0.2, 0) is 6.54 Å². The number of aromatic nitrogens is 6. The van der Waals surface area contributed by atoms with Crippen LogP contribution in [0.15, 0.2) is 45.9 Å². The summed E-state index contributed by atoms with van der Waals surface area (Å²) in [5.41, 5.74) is 2.34. The van der Waals surface area contributed by atoms with Crippen molar-refractivity contribution in [3.05, 3.63) is 58.7 Å². The Bertz CT molecular complexity index is 1260. The van der Waals surface area contributed by atoms with Crippen LogP contribution in [0.5, 0.6) is 0 Å². The lowest BCUT2D eigenvalue weighted by Crippen LogP contribution is -2.35. The second kappa shape index (κ2) is 7.99. The topological polar surface area (TPSA) is 104 Å². The number of imidazole rings is 1. The highest BCUT2D eigenvalue weighted by Crippen LogP contribution is 2.24. The summed E-state index contributed by atoms with van der Waals surface area (Å²) in [5, 5.41) is 10.3. The maximum Gasteiger partial charge on any atom is 0.330 e. The highest BCUT2D eigenvalue weighted by molar-refractivity contribution is 5.71. The van der Waals surface area contributed by atoms with E-state index in [1.165, 1.54) is 6.20 Å². The highest BCUT2D eigenvalue weighted by Gasteiger charge is 2.23. The second-order valence-electron chi connectivity index (χ2n) is 7.35. The van der Waals surface area contributed by atoms with E-state index >= 15 is 0 Å². The molecule has 0 saturated carbocycles. The molecule has 4 aromatic heterocycles. The number of hydrogen-bond acceptors (Lipinski definition) is 7. The van der Waals surface area contributed by atoms with Gasteiger partial charge in [-0.2, -0.15) is 8.78 Å². The van der Waals surface area contributed by atoms with Crippen molar-refractivity contribution in [2.75, 3.05) is 13.1 Å². The third-order valence-corrected chi connectivity index (χ3v) is 5.41. The van der Waals surface area contributed by atoms with Crippen molar-refractivity contribution in [2.24, 2.45) is 0 Å². The van der Waals surface area contributed by atoms with E-state index in [1.54, 1.807) is 22.9 Å². The third-order valence-electron chi connectivity index (χ3n) is 5.41. The zero-order valence-electron chi connectivity index (χ0n) is 16.4. The van der Waals surface area contributed by atoms with Crippen molar-refractivity contribution in [1.29, 1.82) is 0 Å². The third kappa shape index (κ3) is 3.61. The number of halogens is 2. The first-order valence-corrected chi connectivity index (χ1v) is 9.95. The summed E-state index contributed by atoms with van der Waals surface area (Å²) < 4.78 is 33.7. The minimum Gasteiger partial charge on any atom is -0.415 e. The quantitative estimate of drug-likeness (QED) is 0.522. The Morgan fingerprint density at radius 1 is 1.16 bits per heavy atom. The molecule has 9 nitrogen and oxygen atoms in total. The van der Waals surface area contributed by atoms with Gasteiger partial charge in [0.15, 0.2) is 5.65 Å². The summed E-state index contributed by atoms with van der Waals surface area (Å²) in [4.78, 5) is 22.1. The Kier molecular flexibility index (Phi) is 5.02. The number of rotatable bonds is 5. The number of nitrogens with zero attached hydrogens (tertiary/aromatic N) is 6. The first-order valence-electron chi connectivity index (χ1n) is 9.95. The van der Waals surface area contributed by atoms with Gasteiger partial charge >= 0.3 is 12.1 Å². The molecule has 5 rings (SSSR count). The van der Waals surface area contributed by atoms with Crippen molar-refractivity contribution < 1.29 is 13.2 Å². The van der Waals surface area contributed by atoms with Crippen LogP contribution in [0, 0.1) is 0 Å². The number of pyridine rings is 2. The molecule has 0 amide bonds. The van der Waals surface area contributed by atoms with E-state index in [2.05, 4.69) is 25.5 Å². The van der Waals surface area contributed by atoms with Crippen molar-refractivity contribution in [2.45, 2.75) is 31.9 Å². The molecule has 0 radical (unpaired) electrons. The average Bonchev–Trinajstić information content (AvgIpc) is 3.39. The molecule has 160 valence electrons. The monoisotopic (exact) mass is 427 g/mol. The Balaban J connectivity index is 1.46. The smallest absolute Gasteiger partial charge is 0.330 e. The molecule has 0 aliphatic carbocycles. The van der Waals surface area contributed by atoms with Gasteiger partial charge in [0.2, 0.25) is 5.89 Å². The van der Waals surface area contributed by atoms with Gasteiger partial charge in [-0.05, 0) is 50.2 Å². The van der Waals surface area contributed by atoms with Crippen LogP contribution < -0.4 is 11.0 Å². The molecule has 0 atom stereocenters. The van der Waals surface area contributed by atoms with Crippen molar-refractivity contribution in [1.82, 2.24) is 34.6 Å². The highest BCUT2D eigenvalue weighted by atomic mass is 19.3. The van der Waals surface area contributed by atoms with Crippen LogP contribution in [0.3, 0.4) is 0 Å². The molecule has 0 bridgehead atoms. The van der Waals surface area contributed by atoms with Crippen LogP contribution >= 0.6 is 0 Å². The number of hydrogen-bond donors (Lipinski definition) is 1. The van der Waals surface area contributed by atoms with Gasteiger partial charge in [-0.25, -0.2) is 9.78 Å². The predicted octanol–water partition coefficient (Wildman–Crippen LogP) is 2.55. The van der Waals surface area contributed by atoms with Gasteiger partial charge in [0.05, 0.1) is 23.3 Å². The molecule has 0 spiro atoms. The molecule has 4 aromatic rings. The molecule has 0 aromatic carbocycles. The normalized spacial score (nSPS) is 15.2. The number of piperidine rings is 1. The molecule has 11 heteroatoms. The molecule has 5 heterocycles. The largest absolute Gasteiger partial charge is 0.415 e. The summed E-state index contributed by atoms with van der Waals surface area (Å²) in [5.74, 6) is -0.766. The fourth-order valence-corrected chi connectivity index (χ4v) is 3.91. The predicted molar refractivity (Wildman–Crippen MR) is 107 cm³/mol. The minimum atomic E-state index is -2.83. The Labute approximate surface area is 174 Å². The molecule has 0 unspecified atom stereocenters. The van der Waals surface area contributed by atoms with Crippen LogP contribution in [-0.4, -0.2) is 42.4 Å². The maximum absolute atomic E-state index is 13.3. The Morgan fingerprint density at radius 3 is 2.71 bits per heavy atom. The van der Waals surface area contributed by atoms with Crippen molar-refractivity contribution in [3.63, 3.8) is 0 Å². The maximum atomic E-state index is 13.3. The van der Waals surface area contributed by atoms with Crippen LogP contribution in [0.4, 0.5) is 8.78 Å².